The first-order valence-corrected chi connectivity index (χ1v) is 25.3. The van der Waals surface area contributed by atoms with Crippen LogP contribution in [0.15, 0.2) is 0 Å². The van der Waals surface area contributed by atoms with Crippen LogP contribution in [0.4, 0.5) is 0 Å². The summed E-state index contributed by atoms with van der Waals surface area (Å²) in [4.78, 5) is 24.2. The van der Waals surface area contributed by atoms with Crippen LogP contribution in [0, 0.1) is 11.8 Å². The number of esters is 2. The fourth-order valence-electron chi connectivity index (χ4n) is 7.11. The lowest BCUT2D eigenvalue weighted by Crippen LogP contribution is -2.19. The van der Waals surface area contributed by atoms with Crippen molar-refractivity contribution in [3.8, 4) is 0 Å². The molecule has 2 atom stereocenters. The molecule has 0 aliphatic rings. The number of unbranched alkanes of at least 4 members (excludes halogenated alkanes) is 28. The lowest BCUT2D eigenvalue weighted by molar-refractivity contribution is -0.149. The van der Waals surface area contributed by atoms with E-state index in [0.29, 0.717) is 13.2 Å². The molecule has 54 heavy (non-hydrogen) atoms. The van der Waals surface area contributed by atoms with Gasteiger partial charge in [-0.1, -0.05) is 220 Å². The molecule has 324 valence electrons. The Labute approximate surface area is 350 Å². The first kappa shape index (κ1) is 55.7. The molecule has 0 spiro atoms. The van der Waals surface area contributed by atoms with Crippen LogP contribution >= 0.6 is 25.3 Å². The van der Waals surface area contributed by atoms with Crippen molar-refractivity contribution in [2.45, 2.75) is 259 Å². The number of ether oxygens (including phenoxy) is 2. The van der Waals surface area contributed by atoms with Gasteiger partial charge in [0.2, 0.25) is 0 Å². The van der Waals surface area contributed by atoms with Gasteiger partial charge >= 0.3 is 11.9 Å². The van der Waals surface area contributed by atoms with Gasteiger partial charge in [0.25, 0.3) is 0 Å². The SMILES string of the molecule is CCCCCCCCCCCCCCCCC(CCS)C(=O)OCCCC.CCCCCCCCCCCCCCCCC(CCS)C(=O)OCCCC. The molecule has 0 aromatic heterocycles. The van der Waals surface area contributed by atoms with Crippen molar-refractivity contribution in [2.24, 2.45) is 11.8 Å². The molecule has 2 unspecified atom stereocenters. The highest BCUT2D eigenvalue weighted by Gasteiger charge is 2.19. The van der Waals surface area contributed by atoms with Crippen LogP contribution in [-0.2, 0) is 19.1 Å². The van der Waals surface area contributed by atoms with Crippen LogP contribution in [0.25, 0.3) is 0 Å². The molecule has 0 bridgehead atoms. The molecule has 0 aliphatic carbocycles. The van der Waals surface area contributed by atoms with E-state index in [4.69, 9.17) is 9.47 Å². The molecule has 6 heteroatoms. The molecule has 0 aromatic rings. The predicted octanol–water partition coefficient (Wildman–Crippen LogP) is 16.3. The summed E-state index contributed by atoms with van der Waals surface area (Å²) < 4.78 is 10.8. The third-order valence-corrected chi connectivity index (χ3v) is 11.4. The standard InChI is InChI=1S/2C24H48O2S/c2*1-3-5-7-8-9-10-11-12-13-14-15-16-17-18-19-23(20-22-27)24(25)26-21-6-4-2/h2*23,27H,3-22H2,1-2H3. The Balaban J connectivity index is 0. The number of hydrogen-bond donors (Lipinski definition) is 2. The summed E-state index contributed by atoms with van der Waals surface area (Å²) in [5, 5.41) is 0. The molecule has 0 aliphatic heterocycles. The zero-order valence-corrected chi connectivity index (χ0v) is 38.8. The van der Waals surface area contributed by atoms with Gasteiger partial charge in [0.1, 0.15) is 0 Å². The topological polar surface area (TPSA) is 52.6 Å². The van der Waals surface area contributed by atoms with Gasteiger partial charge < -0.3 is 9.47 Å². The molecule has 0 saturated heterocycles. The minimum atomic E-state index is 0.00666. The molecule has 0 radical (unpaired) electrons. The fourth-order valence-corrected chi connectivity index (χ4v) is 7.74. The van der Waals surface area contributed by atoms with Crippen LogP contribution in [0.2, 0.25) is 0 Å². The first-order chi connectivity index (χ1) is 26.5. The summed E-state index contributed by atoms with van der Waals surface area (Å²) in [5.74, 6) is 1.69. The molecule has 0 aromatic carbocycles. The maximum absolute atomic E-state index is 12.1. The number of carbonyl (C=O) groups is 2. The highest BCUT2D eigenvalue weighted by Crippen LogP contribution is 2.20. The second kappa shape index (κ2) is 48.8. The summed E-state index contributed by atoms with van der Waals surface area (Å²) in [6, 6.07) is 0. The average molecular weight is 801 g/mol. The second-order valence-corrected chi connectivity index (χ2v) is 17.1. The largest absolute Gasteiger partial charge is 0.465 e. The summed E-state index contributed by atoms with van der Waals surface area (Å²) in [6.07, 6.45) is 46.2. The van der Waals surface area contributed by atoms with E-state index in [1.54, 1.807) is 0 Å². The van der Waals surface area contributed by atoms with Crippen molar-refractivity contribution in [3.05, 3.63) is 0 Å². The van der Waals surface area contributed by atoms with Gasteiger partial charge in [0.15, 0.2) is 0 Å². The summed E-state index contributed by atoms with van der Waals surface area (Å²) in [5.41, 5.74) is 0. The van der Waals surface area contributed by atoms with Crippen molar-refractivity contribution >= 4 is 37.2 Å². The second-order valence-electron chi connectivity index (χ2n) is 16.2. The number of rotatable bonds is 42. The summed E-state index contributed by atoms with van der Waals surface area (Å²) in [6.45, 7) is 9.96. The van der Waals surface area contributed by atoms with Crippen LogP contribution < -0.4 is 0 Å². The normalized spacial score (nSPS) is 12.3. The van der Waals surface area contributed by atoms with Gasteiger partial charge in [-0.25, -0.2) is 0 Å². The molecule has 4 nitrogen and oxygen atoms in total. The van der Waals surface area contributed by atoms with Crippen molar-refractivity contribution in [1.82, 2.24) is 0 Å². The molecule has 0 heterocycles. The number of thiol groups is 2. The fraction of sp³-hybridized carbons (Fsp3) is 0.958. The van der Waals surface area contributed by atoms with E-state index < -0.39 is 0 Å². The van der Waals surface area contributed by atoms with Gasteiger partial charge in [-0.3, -0.25) is 9.59 Å². The predicted molar refractivity (Wildman–Crippen MR) is 246 cm³/mol. The maximum atomic E-state index is 12.1. The van der Waals surface area contributed by atoms with Crippen LogP contribution in [0.3, 0.4) is 0 Å². The summed E-state index contributed by atoms with van der Waals surface area (Å²) in [7, 11) is 0. The quantitative estimate of drug-likeness (QED) is 0.0367. The van der Waals surface area contributed by atoms with E-state index in [0.717, 1.165) is 75.7 Å². The van der Waals surface area contributed by atoms with Gasteiger partial charge in [0, 0.05) is 0 Å². The van der Waals surface area contributed by atoms with Gasteiger partial charge in [-0.05, 0) is 50.0 Å². The molecular weight excluding hydrogens is 705 g/mol. The zero-order valence-electron chi connectivity index (χ0n) is 37.0. The summed E-state index contributed by atoms with van der Waals surface area (Å²) >= 11 is 8.61. The van der Waals surface area contributed by atoms with Crippen molar-refractivity contribution < 1.29 is 19.1 Å². The van der Waals surface area contributed by atoms with E-state index >= 15 is 0 Å². The Morgan fingerprint density at radius 1 is 0.333 bits per heavy atom. The van der Waals surface area contributed by atoms with Crippen molar-refractivity contribution in [1.29, 1.82) is 0 Å². The first-order valence-electron chi connectivity index (χ1n) is 24.1. The smallest absolute Gasteiger partial charge is 0.308 e. The monoisotopic (exact) mass is 801 g/mol. The third-order valence-electron chi connectivity index (χ3n) is 10.9. The Hall–Kier alpha value is -0.360. The highest BCUT2D eigenvalue weighted by molar-refractivity contribution is 7.80. The molecule has 0 amide bonds. The van der Waals surface area contributed by atoms with Crippen molar-refractivity contribution in [2.75, 3.05) is 24.7 Å². The molecular formula is C48H96O4S2. The molecule has 0 fully saturated rings. The maximum Gasteiger partial charge on any atom is 0.308 e. The lowest BCUT2D eigenvalue weighted by atomic mass is 9.97. The van der Waals surface area contributed by atoms with Crippen LogP contribution in [0.1, 0.15) is 259 Å². The molecule has 0 N–H and O–H groups in total. The van der Waals surface area contributed by atoms with Gasteiger partial charge in [-0.15, -0.1) is 0 Å². The highest BCUT2D eigenvalue weighted by atomic mass is 32.1. The molecule has 0 saturated carbocycles. The Kier molecular flexibility index (Phi) is 50.4. The number of hydrogen-bond acceptors (Lipinski definition) is 6. The van der Waals surface area contributed by atoms with Gasteiger partial charge in [0.05, 0.1) is 25.0 Å². The average Bonchev–Trinajstić information content (AvgIpc) is 3.17. The number of carbonyl (C=O) groups excluding carboxylic acids is 2. The minimum Gasteiger partial charge on any atom is -0.465 e. The van der Waals surface area contributed by atoms with E-state index in [2.05, 4.69) is 53.0 Å². The van der Waals surface area contributed by atoms with E-state index in [1.165, 1.54) is 167 Å². The third kappa shape index (κ3) is 42.8. The Morgan fingerprint density at radius 2 is 0.556 bits per heavy atom. The van der Waals surface area contributed by atoms with Gasteiger partial charge in [-0.2, -0.15) is 25.3 Å². The lowest BCUT2D eigenvalue weighted by Gasteiger charge is -2.15. The Bertz CT molecular complexity index is 674. The van der Waals surface area contributed by atoms with Crippen LogP contribution in [0.5, 0.6) is 0 Å². The van der Waals surface area contributed by atoms with E-state index in [1.807, 2.05) is 0 Å². The van der Waals surface area contributed by atoms with E-state index in [-0.39, 0.29) is 23.8 Å². The van der Waals surface area contributed by atoms with Crippen molar-refractivity contribution in [3.63, 3.8) is 0 Å². The zero-order chi connectivity index (χ0) is 40.0. The van der Waals surface area contributed by atoms with E-state index in [9.17, 15) is 9.59 Å². The molecule has 0 rings (SSSR count). The Morgan fingerprint density at radius 3 is 0.778 bits per heavy atom. The minimum absolute atomic E-state index is 0.00666. The van der Waals surface area contributed by atoms with Crippen LogP contribution in [-0.4, -0.2) is 36.7 Å².